The van der Waals surface area contributed by atoms with Gasteiger partial charge in [0, 0.05) is 62.8 Å². The minimum absolute atomic E-state index is 0.0134. The van der Waals surface area contributed by atoms with Crippen LogP contribution in [0.3, 0.4) is 0 Å². The zero-order chi connectivity index (χ0) is 22.2. The van der Waals surface area contributed by atoms with Crippen molar-refractivity contribution in [3.05, 3.63) is 51.5 Å². The number of hydrogen-bond donors (Lipinski definition) is 1. The van der Waals surface area contributed by atoms with Gasteiger partial charge in [0.1, 0.15) is 5.69 Å². The molecule has 0 radical (unpaired) electrons. The van der Waals surface area contributed by atoms with Gasteiger partial charge in [-0.1, -0.05) is 12.1 Å². The molecule has 1 aromatic carbocycles. The van der Waals surface area contributed by atoms with Crippen molar-refractivity contribution in [1.29, 1.82) is 0 Å². The van der Waals surface area contributed by atoms with E-state index in [1.165, 1.54) is 16.2 Å². The minimum Gasteiger partial charge on any atom is -0.465 e. The molecule has 2 saturated heterocycles. The normalized spacial score (nSPS) is 19.4. The van der Waals surface area contributed by atoms with Gasteiger partial charge in [-0.2, -0.15) is 0 Å². The largest absolute Gasteiger partial charge is 0.465 e. The fourth-order valence-corrected chi connectivity index (χ4v) is 5.26. The Kier molecular flexibility index (Phi) is 5.56. The van der Waals surface area contributed by atoms with E-state index in [9.17, 15) is 19.5 Å². The Morgan fingerprint density at radius 1 is 0.969 bits per heavy atom. The zero-order valence-corrected chi connectivity index (χ0v) is 18.5. The van der Waals surface area contributed by atoms with E-state index in [2.05, 4.69) is 9.88 Å². The van der Waals surface area contributed by atoms with Gasteiger partial charge in [0.15, 0.2) is 0 Å². The van der Waals surface area contributed by atoms with Crippen LogP contribution in [-0.4, -0.2) is 99.5 Å². The van der Waals surface area contributed by atoms with E-state index in [4.69, 9.17) is 0 Å². The Balaban J connectivity index is 1.17. The Morgan fingerprint density at radius 2 is 1.75 bits per heavy atom. The molecular weight excluding hydrogens is 430 g/mol. The fraction of sp³-hybridized carbons (Fsp3) is 0.455. The summed E-state index contributed by atoms with van der Waals surface area (Å²) in [7, 11) is 0. The van der Waals surface area contributed by atoms with Gasteiger partial charge in [-0.25, -0.2) is 9.78 Å². The first-order chi connectivity index (χ1) is 15.5. The molecule has 3 aliphatic heterocycles. The molecule has 0 aliphatic carbocycles. The summed E-state index contributed by atoms with van der Waals surface area (Å²) < 4.78 is 0. The standard InChI is InChI=1S/C22H25N5O4S/c28-20(17-3-1-2-15-4-5-26(22(30)31)12-18(15)17)27-10-16(11-27)24-6-8-25(9-7-24)21(29)19-13-32-14-23-19/h1-3,13-14,16H,4-12H2,(H,30,31). The van der Waals surface area contributed by atoms with Crippen LogP contribution in [0.4, 0.5) is 4.79 Å². The van der Waals surface area contributed by atoms with Crippen LogP contribution in [0.2, 0.25) is 0 Å². The number of carbonyl (C=O) groups excluding carboxylic acids is 2. The van der Waals surface area contributed by atoms with Crippen molar-refractivity contribution >= 4 is 29.2 Å². The molecule has 3 aliphatic rings. The molecule has 1 N–H and O–H groups in total. The Bertz CT molecular complexity index is 1030. The Labute approximate surface area is 189 Å². The number of piperazine rings is 1. The smallest absolute Gasteiger partial charge is 0.407 e. The van der Waals surface area contributed by atoms with Crippen LogP contribution in [0.1, 0.15) is 32.0 Å². The molecule has 4 heterocycles. The molecule has 0 unspecified atom stereocenters. The van der Waals surface area contributed by atoms with Crippen molar-refractivity contribution in [2.45, 2.75) is 19.0 Å². The van der Waals surface area contributed by atoms with Gasteiger partial charge in [0.05, 0.1) is 12.1 Å². The first kappa shape index (κ1) is 20.9. The summed E-state index contributed by atoms with van der Waals surface area (Å²) in [6.45, 7) is 4.95. The molecule has 168 valence electrons. The summed E-state index contributed by atoms with van der Waals surface area (Å²) in [6.07, 6.45) is -0.315. The molecule has 2 aromatic rings. The maximum Gasteiger partial charge on any atom is 0.407 e. The fourth-order valence-electron chi connectivity index (χ4n) is 4.74. The molecule has 5 rings (SSSR count). The maximum atomic E-state index is 13.2. The SMILES string of the molecule is O=C(O)N1CCc2cccc(C(=O)N3CC(N4CCN(C(=O)c5cscn5)CC4)C3)c2C1. The molecule has 2 fully saturated rings. The molecule has 1 aromatic heterocycles. The zero-order valence-electron chi connectivity index (χ0n) is 17.6. The average Bonchev–Trinajstić information content (AvgIpc) is 3.32. The lowest BCUT2D eigenvalue weighted by Gasteiger charge is -2.48. The number of nitrogens with zero attached hydrogens (tertiary/aromatic N) is 5. The van der Waals surface area contributed by atoms with Gasteiger partial charge in [-0.3, -0.25) is 14.5 Å². The molecule has 10 heteroatoms. The second kappa shape index (κ2) is 8.51. The predicted molar refractivity (Wildman–Crippen MR) is 118 cm³/mol. The second-order valence-corrected chi connectivity index (χ2v) is 9.18. The summed E-state index contributed by atoms with van der Waals surface area (Å²) in [5.41, 5.74) is 4.70. The number of amides is 3. The van der Waals surface area contributed by atoms with Crippen LogP contribution in [0.25, 0.3) is 0 Å². The van der Waals surface area contributed by atoms with Crippen molar-refractivity contribution in [3.63, 3.8) is 0 Å². The third-order valence-corrected chi connectivity index (χ3v) is 7.28. The minimum atomic E-state index is -0.950. The van der Waals surface area contributed by atoms with E-state index in [0.717, 1.165) is 24.2 Å². The van der Waals surface area contributed by atoms with Gasteiger partial charge < -0.3 is 19.8 Å². The number of likely N-dealkylation sites (tertiary alicyclic amines) is 1. The molecule has 9 nitrogen and oxygen atoms in total. The van der Waals surface area contributed by atoms with Crippen LogP contribution in [0.15, 0.2) is 29.1 Å². The predicted octanol–water partition coefficient (Wildman–Crippen LogP) is 1.46. The molecule has 3 amide bonds. The first-order valence-corrected chi connectivity index (χ1v) is 11.7. The number of benzene rings is 1. The van der Waals surface area contributed by atoms with Gasteiger partial charge >= 0.3 is 6.09 Å². The number of aromatic nitrogens is 1. The highest BCUT2D eigenvalue weighted by atomic mass is 32.1. The average molecular weight is 456 g/mol. The summed E-state index contributed by atoms with van der Waals surface area (Å²) in [5.74, 6) is -0.0387. The van der Waals surface area contributed by atoms with E-state index >= 15 is 0 Å². The van der Waals surface area contributed by atoms with Crippen molar-refractivity contribution < 1.29 is 19.5 Å². The third-order valence-electron chi connectivity index (χ3n) is 6.69. The van der Waals surface area contributed by atoms with E-state index in [1.54, 1.807) is 10.9 Å². The number of carboxylic acid groups (broad SMARTS) is 1. The summed E-state index contributed by atoms with van der Waals surface area (Å²) in [4.78, 5) is 48.5. The number of thiazole rings is 1. The molecule has 0 bridgehead atoms. The van der Waals surface area contributed by atoms with Crippen molar-refractivity contribution in [2.24, 2.45) is 0 Å². The maximum absolute atomic E-state index is 13.2. The Morgan fingerprint density at radius 3 is 2.44 bits per heavy atom. The molecule has 0 spiro atoms. The first-order valence-electron chi connectivity index (χ1n) is 10.8. The van der Waals surface area contributed by atoms with Crippen molar-refractivity contribution in [3.8, 4) is 0 Å². The number of rotatable bonds is 3. The lowest BCUT2D eigenvalue weighted by molar-refractivity contribution is 0.00830. The van der Waals surface area contributed by atoms with Crippen LogP contribution in [0.5, 0.6) is 0 Å². The van der Waals surface area contributed by atoms with Crippen molar-refractivity contribution in [1.82, 2.24) is 24.6 Å². The monoisotopic (exact) mass is 455 g/mol. The van der Waals surface area contributed by atoms with Crippen molar-refractivity contribution in [2.75, 3.05) is 45.8 Å². The number of carbonyl (C=O) groups is 3. The van der Waals surface area contributed by atoms with Gasteiger partial charge in [0.25, 0.3) is 11.8 Å². The van der Waals surface area contributed by atoms with Crippen LogP contribution in [0, 0.1) is 0 Å². The van der Waals surface area contributed by atoms with E-state index in [0.29, 0.717) is 56.4 Å². The van der Waals surface area contributed by atoms with Gasteiger partial charge in [-0.05, 0) is 23.6 Å². The number of fused-ring (bicyclic) bond motifs is 1. The summed E-state index contributed by atoms with van der Waals surface area (Å²) >= 11 is 1.42. The topological polar surface area (TPSA) is 97.3 Å². The lowest BCUT2D eigenvalue weighted by Crippen LogP contribution is -2.64. The van der Waals surface area contributed by atoms with Crippen LogP contribution in [-0.2, 0) is 13.0 Å². The van der Waals surface area contributed by atoms with Crippen LogP contribution >= 0.6 is 11.3 Å². The lowest BCUT2D eigenvalue weighted by atomic mass is 9.93. The number of hydrogen-bond acceptors (Lipinski definition) is 6. The Hall–Kier alpha value is -2.98. The second-order valence-electron chi connectivity index (χ2n) is 8.46. The van der Waals surface area contributed by atoms with E-state index < -0.39 is 6.09 Å². The van der Waals surface area contributed by atoms with E-state index in [-0.39, 0.29) is 18.4 Å². The van der Waals surface area contributed by atoms with Gasteiger partial charge in [-0.15, -0.1) is 11.3 Å². The highest BCUT2D eigenvalue weighted by Crippen LogP contribution is 2.26. The van der Waals surface area contributed by atoms with Crippen LogP contribution < -0.4 is 0 Å². The quantitative estimate of drug-likeness (QED) is 0.753. The van der Waals surface area contributed by atoms with Gasteiger partial charge in [0.2, 0.25) is 0 Å². The highest BCUT2D eigenvalue weighted by molar-refractivity contribution is 7.07. The molecule has 32 heavy (non-hydrogen) atoms. The molecular formula is C22H25N5O4S. The summed E-state index contributed by atoms with van der Waals surface area (Å²) in [6, 6.07) is 5.98. The molecule has 0 saturated carbocycles. The summed E-state index contributed by atoms with van der Waals surface area (Å²) in [5, 5.41) is 11.1. The highest BCUT2D eigenvalue weighted by Gasteiger charge is 2.38. The van der Waals surface area contributed by atoms with E-state index in [1.807, 2.05) is 28.0 Å². The molecule has 0 atom stereocenters. The third kappa shape index (κ3) is 3.84.